The summed E-state index contributed by atoms with van der Waals surface area (Å²) in [6, 6.07) is 5.85. The van der Waals surface area contributed by atoms with E-state index in [1.807, 2.05) is 24.0 Å². The van der Waals surface area contributed by atoms with Crippen molar-refractivity contribution in [3.05, 3.63) is 41.9 Å². The van der Waals surface area contributed by atoms with E-state index in [-0.39, 0.29) is 5.91 Å². The number of nitrogens with zero attached hydrogens (tertiary/aromatic N) is 4. The summed E-state index contributed by atoms with van der Waals surface area (Å²) in [4.78, 5) is 25.4. The summed E-state index contributed by atoms with van der Waals surface area (Å²) < 4.78 is 5.47. The first-order valence-corrected chi connectivity index (χ1v) is 8.67. The summed E-state index contributed by atoms with van der Waals surface area (Å²) in [6.07, 6.45) is 4.35. The van der Waals surface area contributed by atoms with Gasteiger partial charge in [0, 0.05) is 30.9 Å². The molecule has 0 aliphatic carbocycles. The lowest BCUT2D eigenvalue weighted by Crippen LogP contribution is -2.34. The van der Waals surface area contributed by atoms with Gasteiger partial charge in [0.25, 0.3) is 5.91 Å². The van der Waals surface area contributed by atoms with E-state index in [9.17, 15) is 4.79 Å². The summed E-state index contributed by atoms with van der Waals surface area (Å²) in [5, 5.41) is 3.19. The molecule has 138 valence electrons. The van der Waals surface area contributed by atoms with E-state index in [0.717, 1.165) is 30.9 Å². The maximum Gasteiger partial charge on any atom is 0.254 e. The SMILES string of the molecule is COc1cc(C(=O)N2CC[C@@H](N(C)C)C2)ccc1Nc1cncc(C)n1. The quantitative estimate of drug-likeness (QED) is 0.888. The summed E-state index contributed by atoms with van der Waals surface area (Å²) in [5.41, 5.74) is 2.20. The molecule has 1 N–H and O–H groups in total. The molecule has 0 spiro atoms. The highest BCUT2D eigenvalue weighted by Gasteiger charge is 2.28. The topological polar surface area (TPSA) is 70.6 Å². The Hall–Kier alpha value is -2.67. The maximum absolute atomic E-state index is 12.8. The first-order chi connectivity index (χ1) is 12.5. The van der Waals surface area contributed by atoms with Gasteiger partial charge in [-0.25, -0.2) is 4.98 Å². The van der Waals surface area contributed by atoms with Gasteiger partial charge in [0.05, 0.1) is 24.7 Å². The van der Waals surface area contributed by atoms with Gasteiger partial charge in [-0.05, 0) is 45.6 Å². The van der Waals surface area contributed by atoms with Gasteiger partial charge in [-0.15, -0.1) is 0 Å². The number of rotatable bonds is 5. The van der Waals surface area contributed by atoms with Crippen LogP contribution in [0.25, 0.3) is 0 Å². The molecule has 2 aromatic rings. The van der Waals surface area contributed by atoms with Crippen molar-refractivity contribution in [2.75, 3.05) is 39.6 Å². The molecule has 1 aromatic carbocycles. The Labute approximate surface area is 154 Å². The Morgan fingerprint density at radius 3 is 2.81 bits per heavy atom. The van der Waals surface area contributed by atoms with Gasteiger partial charge in [-0.3, -0.25) is 9.78 Å². The minimum atomic E-state index is 0.0366. The average molecular weight is 355 g/mol. The van der Waals surface area contributed by atoms with E-state index in [4.69, 9.17) is 4.74 Å². The van der Waals surface area contributed by atoms with Crippen LogP contribution in [-0.4, -0.2) is 66.0 Å². The van der Waals surface area contributed by atoms with Gasteiger partial charge in [0.1, 0.15) is 11.6 Å². The number of nitrogens with one attached hydrogen (secondary N) is 1. The number of ether oxygens (including phenoxy) is 1. The second kappa shape index (κ2) is 7.70. The molecule has 0 radical (unpaired) electrons. The van der Waals surface area contributed by atoms with Crippen LogP contribution in [0.2, 0.25) is 0 Å². The zero-order valence-corrected chi connectivity index (χ0v) is 15.7. The van der Waals surface area contributed by atoms with Crippen molar-refractivity contribution in [2.45, 2.75) is 19.4 Å². The first kappa shape index (κ1) is 18.1. The minimum absolute atomic E-state index is 0.0366. The van der Waals surface area contributed by atoms with Crippen LogP contribution in [0.1, 0.15) is 22.5 Å². The van der Waals surface area contributed by atoms with Crippen LogP contribution in [-0.2, 0) is 0 Å². The zero-order valence-electron chi connectivity index (χ0n) is 15.7. The Kier molecular flexibility index (Phi) is 5.37. The number of likely N-dealkylation sites (N-methyl/N-ethyl adjacent to an activating group) is 1. The molecule has 0 saturated carbocycles. The number of anilines is 2. The number of hydrogen-bond donors (Lipinski definition) is 1. The number of aromatic nitrogens is 2. The number of methoxy groups -OCH3 is 1. The van der Waals surface area contributed by atoms with Crippen molar-refractivity contribution < 1.29 is 9.53 Å². The van der Waals surface area contributed by atoms with E-state index >= 15 is 0 Å². The number of carbonyl (C=O) groups is 1. The Bertz CT molecular complexity index is 793. The molecule has 1 aliphatic heterocycles. The molecule has 26 heavy (non-hydrogen) atoms. The van der Waals surface area contributed by atoms with Crippen LogP contribution < -0.4 is 10.1 Å². The summed E-state index contributed by atoms with van der Waals surface area (Å²) >= 11 is 0. The highest BCUT2D eigenvalue weighted by Crippen LogP contribution is 2.29. The van der Waals surface area contributed by atoms with Crippen LogP contribution in [0, 0.1) is 6.92 Å². The Morgan fingerprint density at radius 2 is 2.15 bits per heavy atom. The third-order valence-corrected chi connectivity index (χ3v) is 4.65. The number of likely N-dealkylation sites (tertiary alicyclic amines) is 1. The summed E-state index contributed by atoms with van der Waals surface area (Å²) in [6.45, 7) is 3.42. The van der Waals surface area contributed by atoms with Gasteiger partial charge in [0.15, 0.2) is 0 Å². The fourth-order valence-electron chi connectivity index (χ4n) is 3.12. The van der Waals surface area contributed by atoms with Gasteiger partial charge in [-0.2, -0.15) is 0 Å². The molecule has 1 atom stereocenters. The fourth-order valence-corrected chi connectivity index (χ4v) is 3.12. The van der Waals surface area contributed by atoms with Gasteiger partial charge in [0.2, 0.25) is 0 Å². The molecule has 7 nitrogen and oxygen atoms in total. The molecule has 1 fully saturated rings. The highest BCUT2D eigenvalue weighted by molar-refractivity contribution is 5.95. The monoisotopic (exact) mass is 355 g/mol. The van der Waals surface area contributed by atoms with Crippen LogP contribution >= 0.6 is 0 Å². The number of hydrogen-bond acceptors (Lipinski definition) is 6. The Balaban J connectivity index is 1.77. The second-order valence-corrected chi connectivity index (χ2v) is 6.74. The van der Waals surface area contributed by atoms with Crippen molar-refractivity contribution in [1.82, 2.24) is 19.8 Å². The normalized spacial score (nSPS) is 16.8. The second-order valence-electron chi connectivity index (χ2n) is 6.74. The predicted octanol–water partition coefficient (Wildman–Crippen LogP) is 2.31. The van der Waals surface area contributed by atoms with E-state index in [1.165, 1.54) is 0 Å². The van der Waals surface area contributed by atoms with Gasteiger partial charge >= 0.3 is 0 Å². The van der Waals surface area contributed by atoms with Crippen LogP contribution in [0.4, 0.5) is 11.5 Å². The van der Waals surface area contributed by atoms with E-state index in [1.54, 1.807) is 25.6 Å². The van der Waals surface area contributed by atoms with Crippen molar-refractivity contribution in [3.8, 4) is 5.75 Å². The zero-order chi connectivity index (χ0) is 18.7. The lowest BCUT2D eigenvalue weighted by atomic mass is 10.1. The predicted molar refractivity (Wildman–Crippen MR) is 101 cm³/mol. The molecular formula is C19H25N5O2. The number of aryl methyl sites for hydroxylation is 1. The summed E-state index contributed by atoms with van der Waals surface area (Å²) in [5.74, 6) is 1.27. The summed E-state index contributed by atoms with van der Waals surface area (Å²) in [7, 11) is 5.70. The molecule has 1 aliphatic rings. The molecule has 3 rings (SSSR count). The molecule has 0 bridgehead atoms. The van der Waals surface area contributed by atoms with Crippen LogP contribution in [0.3, 0.4) is 0 Å². The Morgan fingerprint density at radius 1 is 1.35 bits per heavy atom. The number of amides is 1. The third-order valence-electron chi connectivity index (χ3n) is 4.65. The lowest BCUT2D eigenvalue weighted by Gasteiger charge is -2.21. The largest absolute Gasteiger partial charge is 0.495 e. The smallest absolute Gasteiger partial charge is 0.254 e. The molecule has 0 unspecified atom stereocenters. The molecule has 1 saturated heterocycles. The molecule has 1 amide bonds. The molecule has 1 aromatic heterocycles. The van der Waals surface area contributed by atoms with Crippen LogP contribution in [0.5, 0.6) is 5.75 Å². The van der Waals surface area contributed by atoms with Crippen molar-refractivity contribution in [2.24, 2.45) is 0 Å². The maximum atomic E-state index is 12.8. The fraction of sp³-hybridized carbons (Fsp3) is 0.421. The lowest BCUT2D eigenvalue weighted by molar-refractivity contribution is 0.0782. The molecular weight excluding hydrogens is 330 g/mol. The van der Waals surface area contributed by atoms with Gasteiger partial charge in [-0.1, -0.05) is 0 Å². The first-order valence-electron chi connectivity index (χ1n) is 8.67. The molecule has 7 heteroatoms. The van der Waals surface area contributed by atoms with Crippen molar-refractivity contribution >= 4 is 17.4 Å². The van der Waals surface area contributed by atoms with Crippen molar-refractivity contribution in [1.29, 1.82) is 0 Å². The third kappa shape index (κ3) is 3.94. The van der Waals surface area contributed by atoms with Crippen LogP contribution in [0.15, 0.2) is 30.6 Å². The van der Waals surface area contributed by atoms with E-state index in [2.05, 4.69) is 34.3 Å². The van der Waals surface area contributed by atoms with Gasteiger partial charge < -0.3 is 19.9 Å². The average Bonchev–Trinajstić information content (AvgIpc) is 3.12. The molecule has 2 heterocycles. The number of carbonyl (C=O) groups excluding carboxylic acids is 1. The van der Waals surface area contributed by atoms with E-state index < -0.39 is 0 Å². The highest BCUT2D eigenvalue weighted by atomic mass is 16.5. The minimum Gasteiger partial charge on any atom is -0.495 e. The van der Waals surface area contributed by atoms with E-state index in [0.29, 0.717) is 23.2 Å². The number of benzene rings is 1. The van der Waals surface area contributed by atoms with Crippen molar-refractivity contribution in [3.63, 3.8) is 0 Å². The standard InChI is InChI=1S/C19H25N5O2/c1-13-10-20-11-18(21-13)22-16-6-5-14(9-17(16)26-4)19(25)24-8-7-15(12-24)23(2)3/h5-6,9-11,15H,7-8,12H2,1-4H3,(H,21,22)/t15-/m1/s1.